The van der Waals surface area contributed by atoms with Crippen molar-refractivity contribution in [3.63, 3.8) is 0 Å². The summed E-state index contributed by atoms with van der Waals surface area (Å²) in [5, 5.41) is 0. The summed E-state index contributed by atoms with van der Waals surface area (Å²) >= 11 is -2.39. The van der Waals surface area contributed by atoms with Crippen LogP contribution in [0.2, 0.25) is 3.67 Å². The molecule has 0 nitrogen and oxygen atoms in total. The van der Waals surface area contributed by atoms with Gasteiger partial charge in [0.15, 0.2) is 0 Å². The van der Waals surface area contributed by atoms with E-state index in [-0.39, 0.29) is 35.6 Å². The molecule has 0 saturated carbocycles. The summed E-state index contributed by atoms with van der Waals surface area (Å²) in [5.74, 6) is 0.652. The van der Waals surface area contributed by atoms with Gasteiger partial charge in [0.2, 0.25) is 0 Å². The van der Waals surface area contributed by atoms with Crippen LogP contribution in [-0.2, 0) is 38.2 Å². The van der Waals surface area contributed by atoms with Crippen LogP contribution in [0.25, 0.3) is 11.1 Å². The Morgan fingerprint density at radius 2 is 1.44 bits per heavy atom. The van der Waals surface area contributed by atoms with Gasteiger partial charge in [-0.3, -0.25) is 0 Å². The molecule has 0 saturated heterocycles. The van der Waals surface area contributed by atoms with Crippen LogP contribution in [-0.4, -0.2) is 3.26 Å². The third kappa shape index (κ3) is 5.47. The summed E-state index contributed by atoms with van der Waals surface area (Å²) in [4.78, 5) is 0. The van der Waals surface area contributed by atoms with Crippen molar-refractivity contribution in [2.75, 3.05) is 0 Å². The van der Waals surface area contributed by atoms with Crippen LogP contribution in [0.3, 0.4) is 0 Å². The van der Waals surface area contributed by atoms with Crippen molar-refractivity contribution in [2.45, 2.75) is 83.2 Å². The van der Waals surface area contributed by atoms with Crippen molar-refractivity contribution in [2.24, 2.45) is 5.92 Å². The van der Waals surface area contributed by atoms with Crippen LogP contribution in [0.5, 0.6) is 0 Å². The molecule has 182 valence electrons. The number of hydrogen-bond acceptors (Lipinski definition) is 0. The third-order valence-electron chi connectivity index (χ3n) is 7.39. The SMILES string of the molecule is C[C](C(C)C)=[Hf+2]([c]1c(C(C)(C)C)ccc2c1Cc1cc(C(C)(C)C)ccc1-2)[CH]1C=CC=C1.[Cl-].[Cl-]. The zero-order valence-electron chi connectivity index (χ0n) is 22.3. The second-order valence-corrected chi connectivity index (χ2v) is 22.1. The maximum Gasteiger partial charge on any atom is -1.00 e. The normalized spacial score (nSPS) is 15.1. The largest absolute Gasteiger partial charge is 1.00 e. The Balaban J connectivity index is 0.00000204. The predicted octanol–water partition coefficient (Wildman–Crippen LogP) is 1.87. The first kappa shape index (κ1) is 29.5. The van der Waals surface area contributed by atoms with Crippen molar-refractivity contribution >= 4 is 6.58 Å². The van der Waals surface area contributed by atoms with Crippen LogP contribution in [0.4, 0.5) is 0 Å². The Bertz CT molecular complexity index is 1140. The zero-order chi connectivity index (χ0) is 23.4. The number of halogens is 2. The molecule has 0 bridgehead atoms. The van der Waals surface area contributed by atoms with Gasteiger partial charge in [-0.15, -0.1) is 0 Å². The molecule has 0 amide bonds. The van der Waals surface area contributed by atoms with Crippen molar-refractivity contribution in [3.8, 4) is 11.1 Å². The van der Waals surface area contributed by atoms with Gasteiger partial charge in [0.1, 0.15) is 0 Å². The van der Waals surface area contributed by atoms with E-state index in [0.717, 1.165) is 6.42 Å². The molecule has 34 heavy (non-hydrogen) atoms. The summed E-state index contributed by atoms with van der Waals surface area (Å²) in [6, 6.07) is 12.2. The molecule has 0 heterocycles. The molecule has 3 heteroatoms. The second kappa shape index (κ2) is 10.7. The van der Waals surface area contributed by atoms with Crippen LogP contribution < -0.4 is 28.1 Å². The van der Waals surface area contributed by atoms with E-state index in [2.05, 4.69) is 117 Å². The van der Waals surface area contributed by atoms with Crippen LogP contribution >= 0.6 is 0 Å². The van der Waals surface area contributed by atoms with Gasteiger partial charge in [-0.1, -0.05) is 0 Å². The minimum absolute atomic E-state index is 0. The smallest absolute Gasteiger partial charge is 1.00 e. The Morgan fingerprint density at radius 3 is 1.97 bits per heavy atom. The van der Waals surface area contributed by atoms with E-state index >= 15 is 0 Å². The van der Waals surface area contributed by atoms with Crippen LogP contribution in [0.1, 0.15) is 84.6 Å². The summed E-state index contributed by atoms with van der Waals surface area (Å²) in [6.07, 6.45) is 10.7. The maximum absolute atomic E-state index is 2.50. The minimum Gasteiger partial charge on any atom is -1.00 e. The summed E-state index contributed by atoms with van der Waals surface area (Å²) in [7, 11) is 0. The van der Waals surface area contributed by atoms with Gasteiger partial charge in [0.25, 0.3) is 0 Å². The molecular formula is C31H40Cl2Hf. The average molecular weight is 662 g/mol. The Hall–Kier alpha value is -0.760. The van der Waals surface area contributed by atoms with Gasteiger partial charge in [0, 0.05) is 0 Å². The number of benzene rings is 2. The summed E-state index contributed by atoms with van der Waals surface area (Å²) in [5.41, 5.74) is 9.58. The molecule has 0 N–H and O–H groups in total. The number of rotatable bonds is 3. The van der Waals surface area contributed by atoms with Gasteiger partial charge in [0.05, 0.1) is 0 Å². The van der Waals surface area contributed by atoms with Crippen molar-refractivity contribution in [1.82, 2.24) is 0 Å². The molecular weight excluding hydrogens is 622 g/mol. The van der Waals surface area contributed by atoms with Crippen molar-refractivity contribution in [1.29, 1.82) is 0 Å². The molecule has 0 aromatic heterocycles. The third-order valence-corrected chi connectivity index (χ3v) is 20.3. The molecule has 0 spiro atoms. The molecule has 0 unspecified atom stereocenters. The fraction of sp³-hybridized carbons (Fsp3) is 0.452. The molecule has 0 atom stereocenters. The Labute approximate surface area is 228 Å². The van der Waals surface area contributed by atoms with E-state index in [1.54, 1.807) is 17.7 Å². The first-order valence-corrected chi connectivity index (χ1v) is 17.9. The van der Waals surface area contributed by atoms with Crippen molar-refractivity contribution < 1.29 is 45.8 Å². The molecule has 0 aliphatic heterocycles. The molecule has 0 fully saturated rings. The summed E-state index contributed by atoms with van der Waals surface area (Å²) < 4.78 is 4.27. The van der Waals surface area contributed by atoms with Crippen molar-refractivity contribution in [3.05, 3.63) is 76.9 Å². The van der Waals surface area contributed by atoms with E-state index in [1.165, 1.54) is 22.3 Å². The van der Waals surface area contributed by atoms with Gasteiger partial charge >= 0.3 is 205 Å². The Kier molecular flexibility index (Phi) is 9.27. The maximum atomic E-state index is 2.50. The first-order valence-electron chi connectivity index (χ1n) is 12.3. The van der Waals surface area contributed by atoms with E-state index in [4.69, 9.17) is 0 Å². The standard InChI is InChI=1S/C21H25.C5H5.C5H10.2ClH.Hf/c1-20(2,3)16-7-9-18-14(12-16)11-15-13-17(21(4,5)6)8-10-19(15)18;1-2-4-5-3-1;1-4-5(2)3;;;/h7-10,12H,11H2,1-6H3;1-5H;5H,1-3H3;2*1H;/q;;;;;+2/p-2. The summed E-state index contributed by atoms with van der Waals surface area (Å²) in [6.45, 7) is 21.5. The fourth-order valence-electron chi connectivity index (χ4n) is 5.24. The zero-order valence-corrected chi connectivity index (χ0v) is 27.4. The van der Waals surface area contributed by atoms with E-state index < -0.39 is 21.0 Å². The van der Waals surface area contributed by atoms with Crippen LogP contribution in [0.15, 0.2) is 54.6 Å². The molecule has 2 aromatic carbocycles. The number of hydrogen-bond donors (Lipinski definition) is 0. The van der Waals surface area contributed by atoms with E-state index in [0.29, 0.717) is 9.59 Å². The molecule has 0 radical (unpaired) electrons. The van der Waals surface area contributed by atoms with E-state index in [1.807, 2.05) is 0 Å². The van der Waals surface area contributed by atoms with E-state index in [9.17, 15) is 0 Å². The molecule has 2 aliphatic carbocycles. The van der Waals surface area contributed by atoms with Gasteiger partial charge < -0.3 is 24.8 Å². The Morgan fingerprint density at radius 1 is 0.853 bits per heavy atom. The molecule has 2 aliphatic rings. The van der Waals surface area contributed by atoms with Crippen LogP contribution in [0, 0.1) is 5.92 Å². The fourth-order valence-corrected chi connectivity index (χ4v) is 18.8. The van der Waals surface area contributed by atoms with Gasteiger partial charge in [-0.2, -0.15) is 0 Å². The predicted molar refractivity (Wildman–Crippen MR) is 139 cm³/mol. The van der Waals surface area contributed by atoms with Gasteiger partial charge in [-0.05, 0) is 0 Å². The number of fused-ring (bicyclic) bond motifs is 3. The quantitative estimate of drug-likeness (QED) is 0.377. The average Bonchev–Trinajstić information content (AvgIpc) is 3.33. The molecule has 4 rings (SSSR count). The topological polar surface area (TPSA) is 0 Å². The van der Waals surface area contributed by atoms with Gasteiger partial charge in [-0.25, -0.2) is 0 Å². The number of allylic oxidation sites excluding steroid dienone is 4. The molecule has 2 aromatic rings. The monoisotopic (exact) mass is 662 g/mol. The first-order chi connectivity index (χ1) is 14.9. The second-order valence-electron chi connectivity index (χ2n) is 12.1. The minimum atomic E-state index is -2.39.